The van der Waals surface area contributed by atoms with Gasteiger partial charge in [0.25, 0.3) is 11.8 Å². The van der Waals surface area contributed by atoms with Crippen LogP contribution in [0.2, 0.25) is 0 Å². The summed E-state index contributed by atoms with van der Waals surface area (Å²) in [4.78, 5) is 73.1. The van der Waals surface area contributed by atoms with Crippen LogP contribution in [0.5, 0.6) is 0 Å². The van der Waals surface area contributed by atoms with Gasteiger partial charge in [0.1, 0.15) is 12.6 Å². The molecule has 0 aliphatic carbocycles. The quantitative estimate of drug-likeness (QED) is 0.267. The van der Waals surface area contributed by atoms with Crippen molar-refractivity contribution < 1.29 is 43.3 Å². The van der Waals surface area contributed by atoms with E-state index in [-0.39, 0.29) is 61.8 Å². The van der Waals surface area contributed by atoms with Crippen LogP contribution in [0.1, 0.15) is 59.2 Å². The number of carbonyl (C=O) groups excluding carboxylic acids is 5. The summed E-state index contributed by atoms with van der Waals surface area (Å²) in [5.41, 5.74) is 0.335. The smallest absolute Gasteiger partial charge is 0.329 e. The summed E-state index contributed by atoms with van der Waals surface area (Å²) >= 11 is 0. The number of hydrogen-bond acceptors (Lipinski definition) is 8. The molecule has 1 unspecified atom stereocenters. The van der Waals surface area contributed by atoms with Gasteiger partial charge in [-0.25, -0.2) is 4.79 Å². The summed E-state index contributed by atoms with van der Waals surface area (Å²) in [7, 11) is 0. The number of amides is 5. The number of benzene rings is 1. The van der Waals surface area contributed by atoms with E-state index < -0.39 is 35.6 Å². The molecule has 0 radical (unpaired) electrons. The zero-order valence-electron chi connectivity index (χ0n) is 19.0. The van der Waals surface area contributed by atoms with E-state index in [9.17, 15) is 28.8 Å². The van der Waals surface area contributed by atoms with Crippen molar-refractivity contribution in [1.82, 2.24) is 10.2 Å². The van der Waals surface area contributed by atoms with Gasteiger partial charge in [-0.3, -0.25) is 34.2 Å². The van der Waals surface area contributed by atoms with Crippen molar-refractivity contribution in [3.63, 3.8) is 0 Å². The SMILES string of the molecule is O=C(O)COCCOCCCCCC(=O)Nc1cccc2c1C(=O)N(C1CCC(=O)NC1=O)C2=O. The average molecular weight is 489 g/mol. The minimum Gasteiger partial charge on any atom is -0.480 e. The molecule has 0 spiro atoms. The fourth-order valence-electron chi connectivity index (χ4n) is 3.88. The lowest BCUT2D eigenvalue weighted by Crippen LogP contribution is -2.54. The molecule has 1 aromatic rings. The average Bonchev–Trinajstić information content (AvgIpc) is 3.06. The Morgan fingerprint density at radius 3 is 2.54 bits per heavy atom. The molecule has 1 aromatic carbocycles. The van der Waals surface area contributed by atoms with Crippen LogP contribution in [0.4, 0.5) is 5.69 Å². The maximum atomic E-state index is 13.0. The highest BCUT2D eigenvalue weighted by Gasteiger charge is 2.45. The third kappa shape index (κ3) is 6.70. The predicted molar refractivity (Wildman–Crippen MR) is 119 cm³/mol. The van der Waals surface area contributed by atoms with Crippen LogP contribution in [-0.2, 0) is 28.7 Å². The Balaban J connectivity index is 1.46. The number of rotatable bonds is 13. The second-order valence-electron chi connectivity index (χ2n) is 8.09. The monoisotopic (exact) mass is 489 g/mol. The van der Waals surface area contributed by atoms with Crippen molar-refractivity contribution in [2.24, 2.45) is 0 Å². The molecule has 0 aromatic heterocycles. The topological polar surface area (TPSA) is 168 Å². The van der Waals surface area contributed by atoms with Crippen LogP contribution in [0, 0.1) is 0 Å². The molecule has 2 heterocycles. The number of piperidine rings is 1. The Labute approximate surface area is 200 Å². The number of nitrogens with zero attached hydrogens (tertiary/aromatic N) is 1. The Kier molecular flexibility index (Phi) is 9.04. The van der Waals surface area contributed by atoms with Gasteiger partial charge in [-0.1, -0.05) is 12.5 Å². The number of ether oxygens (including phenoxy) is 2. The first kappa shape index (κ1) is 26.0. The van der Waals surface area contributed by atoms with Gasteiger partial charge in [0.05, 0.1) is 30.0 Å². The Hall–Kier alpha value is -3.64. The third-order valence-corrected chi connectivity index (χ3v) is 5.53. The van der Waals surface area contributed by atoms with Gasteiger partial charge in [-0.15, -0.1) is 0 Å². The van der Waals surface area contributed by atoms with Gasteiger partial charge >= 0.3 is 5.97 Å². The van der Waals surface area contributed by atoms with Crippen LogP contribution < -0.4 is 10.6 Å². The minimum atomic E-state index is -1.07. The standard InChI is InChI=1S/C23H27N3O9/c27-17(7-2-1-3-10-34-11-12-35-13-19(29)30)24-15-6-4-5-14-20(15)23(33)26(22(14)32)16-8-9-18(28)25-21(16)31/h4-6,16H,1-3,7-13H2,(H,24,27)(H,29,30)(H,25,28,31). The first-order chi connectivity index (χ1) is 16.8. The number of unbranched alkanes of at least 4 members (excludes halogenated alkanes) is 2. The van der Waals surface area contributed by atoms with Gasteiger partial charge < -0.3 is 19.9 Å². The fraction of sp³-hybridized carbons (Fsp3) is 0.478. The Morgan fingerprint density at radius 1 is 1.03 bits per heavy atom. The number of anilines is 1. The maximum Gasteiger partial charge on any atom is 0.329 e. The van der Waals surface area contributed by atoms with Crippen LogP contribution in [0.3, 0.4) is 0 Å². The summed E-state index contributed by atoms with van der Waals surface area (Å²) in [6, 6.07) is 3.46. The van der Waals surface area contributed by atoms with E-state index in [2.05, 4.69) is 10.6 Å². The molecule has 1 fully saturated rings. The molecule has 0 bridgehead atoms. The highest BCUT2D eigenvalue weighted by molar-refractivity contribution is 6.26. The maximum absolute atomic E-state index is 13.0. The molecule has 12 heteroatoms. The van der Waals surface area contributed by atoms with E-state index in [0.29, 0.717) is 19.4 Å². The van der Waals surface area contributed by atoms with E-state index in [1.165, 1.54) is 12.1 Å². The predicted octanol–water partition coefficient (Wildman–Crippen LogP) is 0.704. The first-order valence-corrected chi connectivity index (χ1v) is 11.3. The molecule has 1 saturated heterocycles. The second-order valence-corrected chi connectivity index (χ2v) is 8.09. The second kappa shape index (κ2) is 12.2. The highest BCUT2D eigenvalue weighted by atomic mass is 16.5. The third-order valence-electron chi connectivity index (χ3n) is 5.53. The molecule has 188 valence electrons. The van der Waals surface area contributed by atoms with Crippen molar-refractivity contribution >= 4 is 41.2 Å². The van der Waals surface area contributed by atoms with Crippen molar-refractivity contribution in [3.8, 4) is 0 Å². The molecule has 12 nitrogen and oxygen atoms in total. The van der Waals surface area contributed by atoms with Gasteiger partial charge in [-0.05, 0) is 31.4 Å². The highest BCUT2D eigenvalue weighted by Crippen LogP contribution is 2.32. The molecule has 3 rings (SSSR count). The van der Waals surface area contributed by atoms with Gasteiger partial charge in [0.2, 0.25) is 17.7 Å². The van der Waals surface area contributed by atoms with Crippen LogP contribution in [0.15, 0.2) is 18.2 Å². The summed E-state index contributed by atoms with van der Waals surface area (Å²) in [6.45, 7) is 0.572. The minimum absolute atomic E-state index is 0.0247. The van der Waals surface area contributed by atoms with Gasteiger partial charge in [0, 0.05) is 19.4 Å². The van der Waals surface area contributed by atoms with E-state index >= 15 is 0 Å². The lowest BCUT2D eigenvalue weighted by atomic mass is 10.0. The Morgan fingerprint density at radius 2 is 1.80 bits per heavy atom. The number of hydrogen-bond donors (Lipinski definition) is 3. The lowest BCUT2D eigenvalue weighted by molar-refractivity contribution is -0.142. The molecule has 3 N–H and O–H groups in total. The van der Waals surface area contributed by atoms with E-state index in [0.717, 1.165) is 11.3 Å². The number of aliphatic carboxylic acids is 1. The van der Waals surface area contributed by atoms with E-state index in [1.54, 1.807) is 6.07 Å². The summed E-state index contributed by atoms with van der Waals surface area (Å²) in [6.07, 6.45) is 2.28. The summed E-state index contributed by atoms with van der Waals surface area (Å²) in [5.74, 6) is -3.82. The van der Waals surface area contributed by atoms with Crippen molar-refractivity contribution in [2.75, 3.05) is 31.7 Å². The number of carboxylic acid groups (broad SMARTS) is 1. The van der Waals surface area contributed by atoms with Crippen molar-refractivity contribution in [2.45, 2.75) is 44.6 Å². The van der Waals surface area contributed by atoms with E-state index in [4.69, 9.17) is 14.6 Å². The van der Waals surface area contributed by atoms with Crippen LogP contribution >= 0.6 is 0 Å². The van der Waals surface area contributed by atoms with E-state index in [1.807, 2.05) is 0 Å². The molecule has 5 amide bonds. The largest absolute Gasteiger partial charge is 0.480 e. The molecule has 0 saturated carbocycles. The van der Waals surface area contributed by atoms with Crippen molar-refractivity contribution in [3.05, 3.63) is 29.3 Å². The lowest BCUT2D eigenvalue weighted by Gasteiger charge is -2.27. The first-order valence-electron chi connectivity index (χ1n) is 11.3. The summed E-state index contributed by atoms with van der Waals surface area (Å²) < 4.78 is 10.2. The molecule has 2 aliphatic heterocycles. The zero-order valence-corrected chi connectivity index (χ0v) is 19.0. The molecule has 2 aliphatic rings. The molecule has 35 heavy (non-hydrogen) atoms. The number of carbonyl (C=O) groups is 6. The van der Waals surface area contributed by atoms with Crippen LogP contribution in [-0.4, -0.2) is 78.0 Å². The zero-order chi connectivity index (χ0) is 25.4. The number of nitrogens with one attached hydrogen (secondary N) is 2. The van der Waals surface area contributed by atoms with Crippen LogP contribution in [0.25, 0.3) is 0 Å². The molecular formula is C23H27N3O9. The summed E-state index contributed by atoms with van der Waals surface area (Å²) in [5, 5.41) is 13.3. The Bertz CT molecular complexity index is 1020. The number of imide groups is 2. The normalized spacial score (nSPS) is 17.4. The number of fused-ring (bicyclic) bond motifs is 1. The fourth-order valence-corrected chi connectivity index (χ4v) is 3.88. The molecule has 1 atom stereocenters. The molecular weight excluding hydrogens is 462 g/mol. The van der Waals surface area contributed by atoms with Gasteiger partial charge in [0.15, 0.2) is 0 Å². The van der Waals surface area contributed by atoms with Crippen molar-refractivity contribution in [1.29, 1.82) is 0 Å². The number of carboxylic acids is 1. The van der Waals surface area contributed by atoms with Gasteiger partial charge in [-0.2, -0.15) is 0 Å².